The lowest BCUT2D eigenvalue weighted by Crippen LogP contribution is -2.06. The number of fused-ring (bicyclic) bond motifs is 1. The molecule has 0 unspecified atom stereocenters. The molecule has 0 spiro atoms. The predicted octanol–water partition coefficient (Wildman–Crippen LogP) is 4.33. The van der Waals surface area contributed by atoms with Gasteiger partial charge in [-0.2, -0.15) is 0 Å². The van der Waals surface area contributed by atoms with Gasteiger partial charge in [0.2, 0.25) is 5.91 Å². The topological polar surface area (TPSA) is 42.2 Å². The molecule has 0 radical (unpaired) electrons. The van der Waals surface area contributed by atoms with Gasteiger partial charge >= 0.3 is 0 Å². The van der Waals surface area contributed by atoms with Crippen molar-refractivity contribution in [2.75, 3.05) is 0 Å². The second-order valence-corrected chi connectivity index (χ2v) is 5.02. The Hall–Kier alpha value is -2.26. The summed E-state index contributed by atoms with van der Waals surface area (Å²) in [5, 5.41) is 11.6. The average Bonchev–Trinajstić information content (AvgIpc) is 2.73. The SMILES string of the molecule is CC(=O)n1c(-c2ccccc2)c(O)c2cc(Cl)ccc21. The summed E-state index contributed by atoms with van der Waals surface area (Å²) in [6.45, 7) is 1.47. The molecule has 0 atom stereocenters. The first-order chi connectivity index (χ1) is 9.59. The lowest BCUT2D eigenvalue weighted by Gasteiger charge is -2.06. The summed E-state index contributed by atoms with van der Waals surface area (Å²) in [5.41, 5.74) is 1.93. The zero-order valence-corrected chi connectivity index (χ0v) is 11.6. The minimum absolute atomic E-state index is 0.0731. The standard InChI is InChI=1S/C16H12ClNO2/c1-10(19)18-14-8-7-12(17)9-13(14)16(20)15(18)11-5-3-2-4-6-11/h2-9,20H,1H3. The normalized spacial score (nSPS) is 10.9. The van der Waals surface area contributed by atoms with Gasteiger partial charge in [0.15, 0.2) is 0 Å². The molecule has 4 heteroatoms. The number of carbonyl (C=O) groups excluding carboxylic acids is 1. The molecule has 1 aromatic heterocycles. The maximum absolute atomic E-state index is 12.0. The molecule has 0 saturated carbocycles. The van der Waals surface area contributed by atoms with Crippen molar-refractivity contribution in [3.05, 3.63) is 53.6 Å². The smallest absolute Gasteiger partial charge is 0.228 e. The second-order valence-electron chi connectivity index (χ2n) is 4.58. The average molecular weight is 286 g/mol. The van der Waals surface area contributed by atoms with Crippen LogP contribution < -0.4 is 0 Å². The monoisotopic (exact) mass is 285 g/mol. The van der Waals surface area contributed by atoms with Crippen molar-refractivity contribution in [3.8, 4) is 17.0 Å². The van der Waals surface area contributed by atoms with Crippen LogP contribution >= 0.6 is 11.6 Å². The number of benzene rings is 2. The Labute approximate surface area is 121 Å². The van der Waals surface area contributed by atoms with Gasteiger partial charge in [-0.25, -0.2) is 0 Å². The molecule has 100 valence electrons. The van der Waals surface area contributed by atoms with Crippen molar-refractivity contribution >= 4 is 28.4 Å². The number of rotatable bonds is 1. The molecular formula is C16H12ClNO2. The van der Waals surface area contributed by atoms with Gasteiger partial charge in [0, 0.05) is 22.9 Å². The highest BCUT2D eigenvalue weighted by molar-refractivity contribution is 6.31. The molecule has 3 nitrogen and oxygen atoms in total. The molecule has 20 heavy (non-hydrogen) atoms. The number of halogens is 1. The Kier molecular flexibility index (Phi) is 2.99. The molecule has 3 rings (SSSR count). The number of hydrogen-bond acceptors (Lipinski definition) is 2. The van der Waals surface area contributed by atoms with E-state index in [1.54, 1.807) is 18.2 Å². The summed E-state index contributed by atoms with van der Waals surface area (Å²) in [6.07, 6.45) is 0. The van der Waals surface area contributed by atoms with E-state index in [1.165, 1.54) is 11.5 Å². The zero-order chi connectivity index (χ0) is 14.3. The molecule has 0 aliphatic heterocycles. The molecule has 1 N–H and O–H groups in total. The fraction of sp³-hybridized carbons (Fsp3) is 0.0625. The lowest BCUT2D eigenvalue weighted by atomic mass is 10.1. The summed E-state index contributed by atoms with van der Waals surface area (Å²) in [4.78, 5) is 12.0. The minimum atomic E-state index is -0.156. The van der Waals surface area contributed by atoms with Crippen molar-refractivity contribution < 1.29 is 9.90 Å². The van der Waals surface area contributed by atoms with Crippen LogP contribution in [0.4, 0.5) is 0 Å². The Balaban J connectivity index is 2.45. The third-order valence-corrected chi connectivity index (χ3v) is 3.50. The van der Waals surface area contributed by atoms with E-state index in [2.05, 4.69) is 0 Å². The van der Waals surface area contributed by atoms with Gasteiger partial charge in [-0.1, -0.05) is 41.9 Å². The summed E-state index contributed by atoms with van der Waals surface area (Å²) in [7, 11) is 0. The number of carbonyl (C=O) groups is 1. The van der Waals surface area contributed by atoms with E-state index >= 15 is 0 Å². The predicted molar refractivity (Wildman–Crippen MR) is 80.3 cm³/mol. The van der Waals surface area contributed by atoms with Crippen molar-refractivity contribution in [1.82, 2.24) is 4.57 Å². The third-order valence-electron chi connectivity index (χ3n) is 3.26. The van der Waals surface area contributed by atoms with Crippen LogP contribution in [-0.4, -0.2) is 15.6 Å². The van der Waals surface area contributed by atoms with Crippen LogP contribution in [0.15, 0.2) is 48.5 Å². The highest BCUT2D eigenvalue weighted by Crippen LogP contribution is 2.39. The summed E-state index contributed by atoms with van der Waals surface area (Å²) in [5.74, 6) is -0.0830. The van der Waals surface area contributed by atoms with E-state index in [4.69, 9.17) is 11.6 Å². The molecule has 0 aliphatic rings. The largest absolute Gasteiger partial charge is 0.505 e. The molecule has 0 fully saturated rings. The Morgan fingerprint density at radius 3 is 2.50 bits per heavy atom. The molecule has 0 bridgehead atoms. The molecule has 0 saturated heterocycles. The zero-order valence-electron chi connectivity index (χ0n) is 10.8. The van der Waals surface area contributed by atoms with Crippen molar-refractivity contribution in [3.63, 3.8) is 0 Å². The third kappa shape index (κ3) is 1.87. The summed E-state index contributed by atoms with van der Waals surface area (Å²) in [6, 6.07) is 14.4. The first-order valence-corrected chi connectivity index (χ1v) is 6.56. The minimum Gasteiger partial charge on any atom is -0.505 e. The van der Waals surface area contributed by atoms with Crippen LogP contribution in [0.5, 0.6) is 5.75 Å². The van der Waals surface area contributed by atoms with Crippen LogP contribution in [0.25, 0.3) is 22.2 Å². The van der Waals surface area contributed by atoms with E-state index in [0.717, 1.165) is 5.56 Å². The highest BCUT2D eigenvalue weighted by Gasteiger charge is 2.20. The van der Waals surface area contributed by atoms with Crippen molar-refractivity contribution in [1.29, 1.82) is 0 Å². The van der Waals surface area contributed by atoms with Gasteiger partial charge in [-0.3, -0.25) is 9.36 Å². The summed E-state index contributed by atoms with van der Waals surface area (Å²) >= 11 is 5.97. The van der Waals surface area contributed by atoms with E-state index in [9.17, 15) is 9.90 Å². The lowest BCUT2D eigenvalue weighted by molar-refractivity contribution is 0.0943. The van der Waals surface area contributed by atoms with Crippen LogP contribution in [0, 0.1) is 0 Å². The molecular weight excluding hydrogens is 274 g/mol. The maximum Gasteiger partial charge on any atom is 0.228 e. The molecule has 1 heterocycles. The Morgan fingerprint density at radius 2 is 1.85 bits per heavy atom. The van der Waals surface area contributed by atoms with E-state index in [1.807, 2.05) is 30.3 Å². The van der Waals surface area contributed by atoms with Gasteiger partial charge in [0.05, 0.1) is 11.2 Å². The number of hydrogen-bond donors (Lipinski definition) is 1. The van der Waals surface area contributed by atoms with Gasteiger partial charge < -0.3 is 5.11 Å². The first-order valence-electron chi connectivity index (χ1n) is 6.19. The quantitative estimate of drug-likeness (QED) is 0.723. The van der Waals surface area contributed by atoms with E-state index in [0.29, 0.717) is 21.6 Å². The Morgan fingerprint density at radius 1 is 1.15 bits per heavy atom. The number of nitrogens with zero attached hydrogens (tertiary/aromatic N) is 1. The van der Waals surface area contributed by atoms with Gasteiger partial charge in [0.25, 0.3) is 0 Å². The molecule has 0 amide bonds. The van der Waals surface area contributed by atoms with Crippen molar-refractivity contribution in [2.45, 2.75) is 6.92 Å². The van der Waals surface area contributed by atoms with E-state index in [-0.39, 0.29) is 11.7 Å². The van der Waals surface area contributed by atoms with Crippen LogP contribution in [-0.2, 0) is 0 Å². The molecule has 0 aliphatic carbocycles. The molecule has 2 aromatic carbocycles. The fourth-order valence-corrected chi connectivity index (χ4v) is 2.61. The first kappa shape index (κ1) is 12.8. The Bertz CT molecular complexity index is 806. The second kappa shape index (κ2) is 4.69. The van der Waals surface area contributed by atoms with Gasteiger partial charge in [-0.15, -0.1) is 0 Å². The van der Waals surface area contributed by atoms with Crippen LogP contribution in [0.2, 0.25) is 5.02 Å². The number of aromatic nitrogens is 1. The van der Waals surface area contributed by atoms with Gasteiger partial charge in [-0.05, 0) is 18.2 Å². The van der Waals surface area contributed by atoms with E-state index < -0.39 is 0 Å². The van der Waals surface area contributed by atoms with Crippen molar-refractivity contribution in [2.24, 2.45) is 0 Å². The van der Waals surface area contributed by atoms with Crippen LogP contribution in [0.3, 0.4) is 0 Å². The number of aromatic hydroxyl groups is 1. The summed E-state index contributed by atoms with van der Waals surface area (Å²) < 4.78 is 1.51. The van der Waals surface area contributed by atoms with Gasteiger partial charge in [0.1, 0.15) is 5.75 Å². The fourth-order valence-electron chi connectivity index (χ4n) is 2.44. The van der Waals surface area contributed by atoms with Crippen LogP contribution in [0.1, 0.15) is 11.7 Å². The maximum atomic E-state index is 12.0. The highest BCUT2D eigenvalue weighted by atomic mass is 35.5. The molecule has 3 aromatic rings.